The highest BCUT2D eigenvalue weighted by Gasteiger charge is 2.22. The molecule has 0 aliphatic heterocycles. The van der Waals surface area contributed by atoms with Crippen molar-refractivity contribution in [3.63, 3.8) is 0 Å². The van der Waals surface area contributed by atoms with E-state index >= 15 is 0 Å². The second kappa shape index (κ2) is 3.20. The van der Waals surface area contributed by atoms with Crippen LogP contribution in [-0.2, 0) is 18.3 Å². The minimum atomic E-state index is -0.155. The van der Waals surface area contributed by atoms with Crippen LogP contribution >= 0.6 is 0 Å². The van der Waals surface area contributed by atoms with Crippen LogP contribution in [0.1, 0.15) is 43.6 Å². The topological polar surface area (TPSA) is 15.8 Å². The molecule has 1 nitrogen and oxygen atoms in total. The van der Waals surface area contributed by atoms with Crippen molar-refractivity contribution in [3.05, 3.63) is 23.0 Å². The average Bonchev–Trinajstić information content (AvgIpc) is 2.61. The Balaban J connectivity index is 2.38. The summed E-state index contributed by atoms with van der Waals surface area (Å²) in [6.07, 6.45) is 10.6. The number of H-pyrrole nitrogens is 1. The second-order valence-corrected chi connectivity index (χ2v) is 4.66. The van der Waals surface area contributed by atoms with Gasteiger partial charge in [0.25, 0.3) is 0 Å². The number of rotatable bonds is 1. The SMILES string of the molecule is C#CC(C)(C)c1cc2c([nH]1)CCCC2. The van der Waals surface area contributed by atoms with E-state index in [-0.39, 0.29) is 5.41 Å². The van der Waals surface area contributed by atoms with Crippen molar-refractivity contribution in [2.45, 2.75) is 44.9 Å². The molecule has 0 saturated carbocycles. The summed E-state index contributed by atoms with van der Waals surface area (Å²) in [6.45, 7) is 4.18. The van der Waals surface area contributed by atoms with Crippen molar-refractivity contribution < 1.29 is 0 Å². The van der Waals surface area contributed by atoms with Crippen LogP contribution in [0.3, 0.4) is 0 Å². The molecular formula is C13H17N. The van der Waals surface area contributed by atoms with Crippen LogP contribution in [0.4, 0.5) is 0 Å². The molecule has 0 aromatic carbocycles. The summed E-state index contributed by atoms with van der Waals surface area (Å²) in [6, 6.07) is 2.26. The molecule has 14 heavy (non-hydrogen) atoms. The number of aromatic nitrogens is 1. The molecule has 2 rings (SSSR count). The lowest BCUT2D eigenvalue weighted by Gasteiger charge is -2.15. The first-order valence-electron chi connectivity index (χ1n) is 5.32. The number of fused-ring (bicyclic) bond motifs is 1. The predicted molar refractivity (Wildman–Crippen MR) is 59.3 cm³/mol. The van der Waals surface area contributed by atoms with Crippen LogP contribution in [0.5, 0.6) is 0 Å². The van der Waals surface area contributed by atoms with Crippen LogP contribution in [0.25, 0.3) is 0 Å². The van der Waals surface area contributed by atoms with Crippen molar-refractivity contribution in [2.24, 2.45) is 0 Å². The third-order valence-corrected chi connectivity index (χ3v) is 3.15. The highest BCUT2D eigenvalue weighted by molar-refractivity contribution is 5.35. The third kappa shape index (κ3) is 1.46. The summed E-state index contributed by atoms with van der Waals surface area (Å²) in [5, 5.41) is 0. The quantitative estimate of drug-likeness (QED) is 0.651. The molecular weight excluding hydrogens is 170 g/mol. The Morgan fingerprint density at radius 3 is 2.71 bits per heavy atom. The van der Waals surface area contributed by atoms with Gasteiger partial charge in [-0.3, -0.25) is 0 Å². The zero-order valence-corrected chi connectivity index (χ0v) is 8.98. The fourth-order valence-electron chi connectivity index (χ4n) is 2.02. The van der Waals surface area contributed by atoms with Crippen molar-refractivity contribution in [3.8, 4) is 12.3 Å². The number of hydrogen-bond donors (Lipinski definition) is 1. The Morgan fingerprint density at radius 1 is 1.36 bits per heavy atom. The van der Waals surface area contributed by atoms with E-state index < -0.39 is 0 Å². The van der Waals surface area contributed by atoms with Crippen LogP contribution < -0.4 is 0 Å². The molecule has 74 valence electrons. The van der Waals surface area contributed by atoms with E-state index in [9.17, 15) is 0 Å². The lowest BCUT2D eigenvalue weighted by Crippen LogP contribution is -2.14. The number of aromatic amines is 1. The molecule has 0 radical (unpaired) electrons. The summed E-state index contributed by atoms with van der Waals surface area (Å²) < 4.78 is 0. The number of nitrogens with one attached hydrogen (secondary N) is 1. The van der Waals surface area contributed by atoms with E-state index in [1.807, 2.05) is 0 Å². The molecule has 1 heterocycles. The van der Waals surface area contributed by atoms with Gasteiger partial charge in [-0.15, -0.1) is 6.42 Å². The zero-order chi connectivity index (χ0) is 10.2. The molecule has 1 aromatic heterocycles. The summed E-state index contributed by atoms with van der Waals surface area (Å²) >= 11 is 0. The van der Waals surface area contributed by atoms with Gasteiger partial charge >= 0.3 is 0 Å². The van der Waals surface area contributed by atoms with E-state index in [4.69, 9.17) is 6.42 Å². The molecule has 0 bridgehead atoms. The molecule has 0 spiro atoms. The normalized spacial score (nSPS) is 16.1. The van der Waals surface area contributed by atoms with Crippen molar-refractivity contribution in [1.82, 2.24) is 4.98 Å². The molecule has 1 heteroatoms. The second-order valence-electron chi connectivity index (χ2n) is 4.66. The van der Waals surface area contributed by atoms with Gasteiger partial charge in [0.1, 0.15) is 0 Å². The first kappa shape index (κ1) is 9.40. The number of hydrogen-bond acceptors (Lipinski definition) is 0. The van der Waals surface area contributed by atoms with Gasteiger partial charge in [0.05, 0.1) is 5.41 Å². The van der Waals surface area contributed by atoms with Crippen molar-refractivity contribution in [2.75, 3.05) is 0 Å². The molecule has 1 aliphatic rings. The largest absolute Gasteiger partial charge is 0.361 e. The first-order valence-corrected chi connectivity index (χ1v) is 5.32. The fraction of sp³-hybridized carbons (Fsp3) is 0.538. The average molecular weight is 187 g/mol. The smallest absolute Gasteiger partial charge is 0.0653 e. The summed E-state index contributed by atoms with van der Waals surface area (Å²) in [5.74, 6) is 2.84. The molecule has 0 unspecified atom stereocenters. The standard InChI is InChI=1S/C13H17N/c1-4-13(2,3)12-9-10-7-5-6-8-11(10)14-12/h1,9,14H,5-8H2,2-3H3. The Kier molecular flexibility index (Phi) is 2.15. The van der Waals surface area contributed by atoms with E-state index in [1.165, 1.54) is 42.6 Å². The molecule has 1 aliphatic carbocycles. The van der Waals surface area contributed by atoms with Crippen LogP contribution in [0.15, 0.2) is 6.07 Å². The molecule has 0 fully saturated rings. The third-order valence-electron chi connectivity index (χ3n) is 3.15. The predicted octanol–water partition coefficient (Wildman–Crippen LogP) is 2.80. The van der Waals surface area contributed by atoms with E-state index in [0.717, 1.165) is 0 Å². The van der Waals surface area contributed by atoms with Gasteiger partial charge < -0.3 is 4.98 Å². The van der Waals surface area contributed by atoms with Crippen molar-refractivity contribution >= 4 is 0 Å². The first-order chi connectivity index (χ1) is 6.63. The number of aryl methyl sites for hydroxylation is 2. The van der Waals surface area contributed by atoms with Gasteiger partial charge in [-0.05, 0) is 51.2 Å². The van der Waals surface area contributed by atoms with E-state index in [0.29, 0.717) is 0 Å². The molecule has 0 amide bonds. The summed E-state index contributed by atoms with van der Waals surface area (Å²) in [7, 11) is 0. The van der Waals surface area contributed by atoms with Gasteiger partial charge in [-0.1, -0.05) is 5.92 Å². The summed E-state index contributed by atoms with van der Waals surface area (Å²) in [4.78, 5) is 3.48. The maximum atomic E-state index is 5.53. The summed E-state index contributed by atoms with van der Waals surface area (Å²) in [5.41, 5.74) is 3.94. The Bertz CT molecular complexity index is 353. The number of terminal acetylenes is 1. The van der Waals surface area contributed by atoms with Gasteiger partial charge in [-0.25, -0.2) is 0 Å². The maximum Gasteiger partial charge on any atom is 0.0653 e. The van der Waals surface area contributed by atoms with Gasteiger partial charge in [-0.2, -0.15) is 0 Å². The fourth-order valence-corrected chi connectivity index (χ4v) is 2.02. The Labute approximate surface area is 85.9 Å². The van der Waals surface area contributed by atoms with Crippen LogP contribution in [-0.4, -0.2) is 4.98 Å². The minimum absolute atomic E-state index is 0.155. The van der Waals surface area contributed by atoms with Gasteiger partial charge in [0.2, 0.25) is 0 Å². The monoisotopic (exact) mass is 187 g/mol. The molecule has 1 N–H and O–H groups in total. The van der Waals surface area contributed by atoms with Crippen LogP contribution in [0.2, 0.25) is 0 Å². The van der Waals surface area contributed by atoms with Gasteiger partial charge in [0, 0.05) is 11.4 Å². The lowest BCUT2D eigenvalue weighted by atomic mass is 9.90. The Hall–Kier alpha value is -1.16. The molecule has 0 saturated heterocycles. The Morgan fingerprint density at radius 2 is 2.07 bits per heavy atom. The zero-order valence-electron chi connectivity index (χ0n) is 8.98. The van der Waals surface area contributed by atoms with E-state index in [2.05, 4.69) is 30.8 Å². The highest BCUT2D eigenvalue weighted by Crippen LogP contribution is 2.28. The van der Waals surface area contributed by atoms with Crippen LogP contribution in [0, 0.1) is 12.3 Å². The molecule has 1 aromatic rings. The minimum Gasteiger partial charge on any atom is -0.361 e. The van der Waals surface area contributed by atoms with E-state index in [1.54, 1.807) is 0 Å². The van der Waals surface area contributed by atoms with Gasteiger partial charge in [0.15, 0.2) is 0 Å². The lowest BCUT2D eigenvalue weighted by molar-refractivity contribution is 0.659. The maximum absolute atomic E-state index is 5.53. The molecule has 0 atom stereocenters. The highest BCUT2D eigenvalue weighted by atomic mass is 14.8. The van der Waals surface area contributed by atoms with Crippen molar-refractivity contribution in [1.29, 1.82) is 0 Å².